The van der Waals surface area contributed by atoms with Gasteiger partial charge in [-0.3, -0.25) is 14.9 Å². The monoisotopic (exact) mass is 217 g/mol. The van der Waals surface area contributed by atoms with Crippen molar-refractivity contribution in [1.82, 2.24) is 0 Å². The standard InChI is InChI=1S/C8H5ClFNO3/c1-4-2-5(8(9)12)3-6(7(4)10)11(13)14/h2-3H,1H3. The van der Waals surface area contributed by atoms with Crippen LogP contribution in [0.3, 0.4) is 0 Å². The molecule has 0 atom stereocenters. The lowest BCUT2D eigenvalue weighted by Gasteiger charge is -2.00. The highest BCUT2D eigenvalue weighted by molar-refractivity contribution is 6.67. The summed E-state index contributed by atoms with van der Waals surface area (Å²) in [6, 6.07) is 1.98. The summed E-state index contributed by atoms with van der Waals surface area (Å²) < 4.78 is 13.1. The van der Waals surface area contributed by atoms with Gasteiger partial charge in [-0.15, -0.1) is 0 Å². The summed E-state index contributed by atoms with van der Waals surface area (Å²) in [6.45, 7) is 1.33. The summed E-state index contributed by atoms with van der Waals surface area (Å²) >= 11 is 5.12. The Morgan fingerprint density at radius 3 is 2.57 bits per heavy atom. The highest BCUT2D eigenvalue weighted by Gasteiger charge is 2.19. The van der Waals surface area contributed by atoms with Gasteiger partial charge < -0.3 is 0 Å². The van der Waals surface area contributed by atoms with Crippen LogP contribution in [0.2, 0.25) is 0 Å². The van der Waals surface area contributed by atoms with Crippen LogP contribution in [0, 0.1) is 22.9 Å². The first-order chi connectivity index (χ1) is 6.43. The highest BCUT2D eigenvalue weighted by Crippen LogP contribution is 2.23. The molecule has 0 unspecified atom stereocenters. The molecule has 0 saturated heterocycles. The summed E-state index contributed by atoms with van der Waals surface area (Å²) in [5, 5.41) is 9.51. The minimum Gasteiger partial charge on any atom is -0.276 e. The predicted octanol–water partition coefficient (Wildman–Crippen LogP) is 2.42. The van der Waals surface area contributed by atoms with Crippen molar-refractivity contribution < 1.29 is 14.1 Å². The Hall–Kier alpha value is -1.49. The number of benzene rings is 1. The summed E-state index contributed by atoms with van der Waals surface area (Å²) in [4.78, 5) is 20.2. The molecular weight excluding hydrogens is 213 g/mol. The number of rotatable bonds is 2. The van der Waals surface area contributed by atoms with Gasteiger partial charge in [0.1, 0.15) is 0 Å². The third-order valence-electron chi connectivity index (χ3n) is 1.66. The Balaban J connectivity index is 3.43. The molecule has 4 nitrogen and oxygen atoms in total. The van der Waals surface area contributed by atoms with E-state index in [2.05, 4.69) is 0 Å². The zero-order valence-corrected chi connectivity index (χ0v) is 7.84. The molecule has 14 heavy (non-hydrogen) atoms. The van der Waals surface area contributed by atoms with Gasteiger partial charge in [-0.05, 0) is 30.2 Å². The molecule has 0 radical (unpaired) electrons. The third kappa shape index (κ3) is 1.88. The highest BCUT2D eigenvalue weighted by atomic mass is 35.5. The number of nitro groups is 1. The van der Waals surface area contributed by atoms with E-state index in [9.17, 15) is 19.3 Å². The maximum Gasteiger partial charge on any atom is 0.305 e. The molecule has 0 saturated carbocycles. The lowest BCUT2D eigenvalue weighted by molar-refractivity contribution is -0.387. The molecule has 6 heteroatoms. The molecule has 1 aromatic carbocycles. The van der Waals surface area contributed by atoms with E-state index in [1.54, 1.807) is 0 Å². The van der Waals surface area contributed by atoms with E-state index in [1.807, 2.05) is 0 Å². The molecule has 0 aliphatic rings. The van der Waals surface area contributed by atoms with Crippen LogP contribution in [0.1, 0.15) is 15.9 Å². The number of nitro benzene ring substituents is 1. The average Bonchev–Trinajstić information content (AvgIpc) is 2.08. The first-order valence-corrected chi connectivity index (χ1v) is 3.95. The van der Waals surface area contributed by atoms with E-state index in [4.69, 9.17) is 11.6 Å². The Morgan fingerprint density at radius 1 is 1.57 bits per heavy atom. The van der Waals surface area contributed by atoms with E-state index in [0.29, 0.717) is 0 Å². The van der Waals surface area contributed by atoms with Gasteiger partial charge in [0.2, 0.25) is 5.82 Å². The van der Waals surface area contributed by atoms with E-state index in [0.717, 1.165) is 12.1 Å². The summed E-state index contributed by atoms with van der Waals surface area (Å²) in [5.41, 5.74) is -0.811. The van der Waals surface area contributed by atoms with Gasteiger partial charge in [0.15, 0.2) is 0 Å². The molecule has 0 spiro atoms. The van der Waals surface area contributed by atoms with Crippen molar-refractivity contribution in [2.45, 2.75) is 6.92 Å². The van der Waals surface area contributed by atoms with Crippen LogP contribution >= 0.6 is 11.6 Å². The number of hydrogen-bond acceptors (Lipinski definition) is 3. The third-order valence-corrected chi connectivity index (χ3v) is 1.88. The number of carbonyl (C=O) groups is 1. The van der Waals surface area contributed by atoms with Crippen LogP contribution < -0.4 is 0 Å². The van der Waals surface area contributed by atoms with Gasteiger partial charge in [-0.2, -0.15) is 4.39 Å². The van der Waals surface area contributed by atoms with Crippen molar-refractivity contribution in [3.63, 3.8) is 0 Å². The quantitative estimate of drug-likeness (QED) is 0.434. The first-order valence-electron chi connectivity index (χ1n) is 3.58. The van der Waals surface area contributed by atoms with Crippen LogP contribution in [0.5, 0.6) is 0 Å². The maximum absolute atomic E-state index is 13.1. The molecule has 0 aromatic heterocycles. The van der Waals surface area contributed by atoms with Gasteiger partial charge >= 0.3 is 5.69 Å². The lowest BCUT2D eigenvalue weighted by Crippen LogP contribution is -1.99. The molecule has 0 aliphatic heterocycles. The van der Waals surface area contributed by atoms with Crippen LogP contribution in [-0.2, 0) is 0 Å². The molecule has 1 rings (SSSR count). The average molecular weight is 218 g/mol. The molecule has 0 heterocycles. The fraction of sp³-hybridized carbons (Fsp3) is 0.125. The SMILES string of the molecule is Cc1cc(C(=O)Cl)cc([N+](=O)[O-])c1F. The lowest BCUT2D eigenvalue weighted by atomic mass is 10.1. The molecule has 0 aliphatic carbocycles. The molecule has 0 fully saturated rings. The van der Waals surface area contributed by atoms with Gasteiger partial charge in [0, 0.05) is 11.6 Å². The number of hydrogen-bond donors (Lipinski definition) is 0. The van der Waals surface area contributed by atoms with E-state index in [-0.39, 0.29) is 11.1 Å². The Bertz CT molecular complexity index is 419. The van der Waals surface area contributed by atoms with Gasteiger partial charge in [0.05, 0.1) is 4.92 Å². The summed E-state index contributed by atoms with van der Waals surface area (Å²) in [7, 11) is 0. The van der Waals surface area contributed by atoms with E-state index < -0.39 is 21.7 Å². The smallest absolute Gasteiger partial charge is 0.276 e. The van der Waals surface area contributed by atoms with Crippen molar-refractivity contribution in [1.29, 1.82) is 0 Å². The number of aryl methyl sites for hydroxylation is 1. The van der Waals surface area contributed by atoms with Crippen molar-refractivity contribution in [3.8, 4) is 0 Å². The molecule has 0 bridgehead atoms. The second-order valence-corrected chi connectivity index (χ2v) is 3.00. The molecular formula is C8H5ClFNO3. The van der Waals surface area contributed by atoms with Crippen LogP contribution in [-0.4, -0.2) is 10.2 Å². The number of nitrogens with zero attached hydrogens (tertiary/aromatic N) is 1. The minimum atomic E-state index is -0.948. The topological polar surface area (TPSA) is 60.2 Å². The fourth-order valence-electron chi connectivity index (χ4n) is 0.997. The molecule has 0 N–H and O–H groups in total. The number of halogens is 2. The second-order valence-electron chi connectivity index (χ2n) is 2.66. The molecule has 0 amide bonds. The zero-order valence-electron chi connectivity index (χ0n) is 7.08. The maximum atomic E-state index is 13.1. The zero-order chi connectivity index (χ0) is 10.9. The predicted molar refractivity (Wildman–Crippen MR) is 48.0 cm³/mol. The minimum absolute atomic E-state index is 0.0169. The fourth-order valence-corrected chi connectivity index (χ4v) is 1.11. The van der Waals surface area contributed by atoms with Gasteiger partial charge in [0.25, 0.3) is 5.24 Å². The number of carbonyl (C=O) groups excluding carboxylic acids is 1. The van der Waals surface area contributed by atoms with Crippen molar-refractivity contribution in [3.05, 3.63) is 39.2 Å². The van der Waals surface area contributed by atoms with Crippen molar-refractivity contribution >= 4 is 22.5 Å². The van der Waals surface area contributed by atoms with E-state index in [1.165, 1.54) is 6.92 Å². The van der Waals surface area contributed by atoms with Gasteiger partial charge in [-0.1, -0.05) is 0 Å². The second kappa shape index (κ2) is 3.71. The summed E-state index contributed by atoms with van der Waals surface area (Å²) in [6.07, 6.45) is 0. The Labute approximate surface area is 83.4 Å². The summed E-state index contributed by atoms with van der Waals surface area (Å²) in [5.74, 6) is -0.948. The largest absolute Gasteiger partial charge is 0.305 e. The van der Waals surface area contributed by atoms with E-state index >= 15 is 0 Å². The Morgan fingerprint density at radius 2 is 2.14 bits per heavy atom. The molecule has 74 valence electrons. The van der Waals surface area contributed by atoms with Crippen molar-refractivity contribution in [2.24, 2.45) is 0 Å². The van der Waals surface area contributed by atoms with Crippen LogP contribution in [0.15, 0.2) is 12.1 Å². The van der Waals surface area contributed by atoms with Crippen molar-refractivity contribution in [2.75, 3.05) is 0 Å². The van der Waals surface area contributed by atoms with Crippen LogP contribution in [0.25, 0.3) is 0 Å². The van der Waals surface area contributed by atoms with Crippen LogP contribution in [0.4, 0.5) is 10.1 Å². The Kier molecular flexibility index (Phi) is 2.81. The van der Waals surface area contributed by atoms with Gasteiger partial charge in [-0.25, -0.2) is 0 Å². The molecule has 1 aromatic rings. The first kappa shape index (κ1) is 10.6. The normalized spacial score (nSPS) is 9.93.